The highest BCUT2D eigenvalue weighted by Crippen LogP contribution is 2.34. The fourth-order valence-electron chi connectivity index (χ4n) is 4.51. The van der Waals surface area contributed by atoms with Gasteiger partial charge in [0.1, 0.15) is 11.6 Å². The molecular weight excluding hydrogens is 436 g/mol. The largest absolute Gasteiger partial charge is 0.376 e. The van der Waals surface area contributed by atoms with E-state index in [0.29, 0.717) is 5.56 Å². The van der Waals surface area contributed by atoms with Crippen molar-refractivity contribution in [2.45, 2.75) is 37.9 Å². The van der Waals surface area contributed by atoms with Gasteiger partial charge in [-0.15, -0.1) is 0 Å². The lowest BCUT2D eigenvalue weighted by molar-refractivity contribution is -0.141. The standard InChI is InChI=1S/C25H22N4O5/c1-25(9-8-20(30)28-24(25)34)29-22(32)17-7-6-14(10-18(17)23(29)33)12-27-21(31)19-11-15-4-2-3-5-16(15)13-26-19/h2-7,10-11,13,19,26H,8-9,12H2,1H3,(H,27,31)(H,28,30,34)/t19?,25-/m0/s1. The first-order chi connectivity index (χ1) is 16.3. The Morgan fingerprint density at radius 3 is 2.56 bits per heavy atom. The van der Waals surface area contributed by atoms with E-state index in [1.54, 1.807) is 18.3 Å². The van der Waals surface area contributed by atoms with Gasteiger partial charge >= 0.3 is 0 Å². The smallest absolute Gasteiger partial charge is 0.262 e. The fourth-order valence-corrected chi connectivity index (χ4v) is 4.51. The molecule has 0 spiro atoms. The number of benzene rings is 2. The maximum Gasteiger partial charge on any atom is 0.262 e. The van der Waals surface area contributed by atoms with Gasteiger partial charge in [-0.1, -0.05) is 30.3 Å². The van der Waals surface area contributed by atoms with Gasteiger partial charge in [-0.05, 0) is 47.6 Å². The van der Waals surface area contributed by atoms with Gasteiger partial charge in [0, 0.05) is 19.2 Å². The molecule has 0 aliphatic carbocycles. The lowest BCUT2D eigenvalue weighted by Gasteiger charge is -2.38. The zero-order chi connectivity index (χ0) is 24.0. The Kier molecular flexibility index (Phi) is 5.04. The zero-order valence-corrected chi connectivity index (χ0v) is 18.4. The molecule has 3 aliphatic rings. The summed E-state index contributed by atoms with van der Waals surface area (Å²) in [5.74, 6) is -2.49. The van der Waals surface area contributed by atoms with Crippen LogP contribution in [-0.4, -0.2) is 46.0 Å². The molecule has 1 saturated heterocycles. The monoisotopic (exact) mass is 458 g/mol. The molecule has 0 aromatic heterocycles. The predicted molar refractivity (Wildman–Crippen MR) is 121 cm³/mol. The third kappa shape index (κ3) is 3.45. The van der Waals surface area contributed by atoms with E-state index < -0.39 is 35.2 Å². The maximum absolute atomic E-state index is 13.1. The average Bonchev–Trinajstić information content (AvgIpc) is 3.09. The number of hydrogen-bond donors (Lipinski definition) is 3. The van der Waals surface area contributed by atoms with Crippen LogP contribution in [0.2, 0.25) is 0 Å². The quantitative estimate of drug-likeness (QED) is 0.520. The summed E-state index contributed by atoms with van der Waals surface area (Å²) in [6, 6.07) is 11.9. The highest BCUT2D eigenvalue weighted by molar-refractivity contribution is 6.24. The average molecular weight is 458 g/mol. The van der Waals surface area contributed by atoms with Crippen LogP contribution in [0.25, 0.3) is 12.3 Å². The van der Waals surface area contributed by atoms with Crippen LogP contribution in [0.15, 0.2) is 42.5 Å². The molecule has 2 atom stereocenters. The van der Waals surface area contributed by atoms with Gasteiger partial charge in [-0.25, -0.2) is 0 Å². The van der Waals surface area contributed by atoms with Crippen molar-refractivity contribution in [1.29, 1.82) is 0 Å². The first-order valence-corrected chi connectivity index (χ1v) is 10.9. The third-order valence-electron chi connectivity index (χ3n) is 6.54. The number of hydrogen-bond acceptors (Lipinski definition) is 6. The van der Waals surface area contributed by atoms with Crippen molar-refractivity contribution >= 4 is 41.8 Å². The molecule has 34 heavy (non-hydrogen) atoms. The summed E-state index contributed by atoms with van der Waals surface area (Å²) in [6.07, 6.45) is 3.75. The van der Waals surface area contributed by atoms with E-state index in [2.05, 4.69) is 16.0 Å². The minimum absolute atomic E-state index is 0.0427. The van der Waals surface area contributed by atoms with Crippen molar-refractivity contribution < 1.29 is 24.0 Å². The van der Waals surface area contributed by atoms with E-state index in [4.69, 9.17) is 0 Å². The first kappa shape index (κ1) is 21.6. The van der Waals surface area contributed by atoms with E-state index in [9.17, 15) is 24.0 Å². The summed E-state index contributed by atoms with van der Waals surface area (Å²) < 4.78 is 0. The molecule has 1 unspecified atom stereocenters. The number of nitrogens with one attached hydrogen (secondary N) is 3. The molecule has 9 heteroatoms. The summed E-state index contributed by atoms with van der Waals surface area (Å²) in [5.41, 5.74) is -0.430. The number of amides is 5. The van der Waals surface area contributed by atoms with E-state index in [0.717, 1.165) is 15.3 Å². The predicted octanol–water partition coefficient (Wildman–Crippen LogP) is -0.715. The molecule has 1 fully saturated rings. The molecule has 3 heterocycles. The van der Waals surface area contributed by atoms with Crippen LogP contribution in [0.5, 0.6) is 0 Å². The Bertz CT molecular complexity index is 1400. The molecule has 3 N–H and O–H groups in total. The molecule has 3 aliphatic heterocycles. The van der Waals surface area contributed by atoms with Crippen LogP contribution in [0, 0.1) is 0 Å². The summed E-state index contributed by atoms with van der Waals surface area (Å²) in [4.78, 5) is 63.7. The Morgan fingerprint density at radius 1 is 1.06 bits per heavy atom. The molecule has 172 valence electrons. The van der Waals surface area contributed by atoms with Crippen molar-refractivity contribution in [2.75, 3.05) is 0 Å². The number of imide groups is 2. The van der Waals surface area contributed by atoms with Gasteiger partial charge in [-0.2, -0.15) is 0 Å². The molecule has 0 radical (unpaired) electrons. The third-order valence-corrected chi connectivity index (χ3v) is 6.54. The maximum atomic E-state index is 13.1. The molecule has 0 bridgehead atoms. The molecular formula is C25H22N4O5. The molecule has 5 amide bonds. The lowest BCUT2D eigenvalue weighted by Crippen LogP contribution is -2.62. The second-order valence-electron chi connectivity index (χ2n) is 8.78. The first-order valence-electron chi connectivity index (χ1n) is 10.9. The van der Waals surface area contributed by atoms with Crippen LogP contribution in [0.3, 0.4) is 0 Å². The molecule has 0 saturated carbocycles. The van der Waals surface area contributed by atoms with E-state index >= 15 is 0 Å². The normalized spacial score (nSPS) is 23.2. The van der Waals surface area contributed by atoms with Gasteiger partial charge < -0.3 is 10.6 Å². The number of piperidine rings is 1. The topological polar surface area (TPSA) is 125 Å². The summed E-state index contributed by atoms with van der Waals surface area (Å²) >= 11 is 0. The lowest BCUT2D eigenvalue weighted by atomic mass is 9.89. The molecule has 2 aromatic rings. The van der Waals surface area contributed by atoms with Gasteiger partial charge in [0.05, 0.1) is 11.1 Å². The van der Waals surface area contributed by atoms with Gasteiger partial charge in [-0.3, -0.25) is 34.2 Å². The van der Waals surface area contributed by atoms with E-state index in [-0.39, 0.29) is 36.4 Å². The summed E-state index contributed by atoms with van der Waals surface area (Å²) in [7, 11) is 0. The van der Waals surface area contributed by atoms with Crippen molar-refractivity contribution in [3.63, 3.8) is 0 Å². The van der Waals surface area contributed by atoms with Crippen molar-refractivity contribution in [3.05, 3.63) is 69.6 Å². The second kappa shape index (κ2) is 7.95. The van der Waals surface area contributed by atoms with Crippen LogP contribution in [0.1, 0.15) is 46.0 Å². The zero-order valence-electron chi connectivity index (χ0n) is 18.4. The minimum Gasteiger partial charge on any atom is -0.376 e. The number of nitrogens with zero attached hydrogens (tertiary/aromatic N) is 1. The van der Waals surface area contributed by atoms with Crippen molar-refractivity contribution in [1.82, 2.24) is 20.9 Å². The minimum atomic E-state index is -1.44. The second-order valence-corrected chi connectivity index (χ2v) is 8.78. The Labute approximate surface area is 194 Å². The van der Waals surface area contributed by atoms with Crippen LogP contribution < -0.4 is 26.4 Å². The van der Waals surface area contributed by atoms with Crippen molar-refractivity contribution in [2.24, 2.45) is 0 Å². The van der Waals surface area contributed by atoms with Crippen LogP contribution in [0.4, 0.5) is 0 Å². The fraction of sp³-hybridized carbons (Fsp3) is 0.240. The molecule has 5 rings (SSSR count). The van der Waals surface area contributed by atoms with Gasteiger partial charge in [0.25, 0.3) is 17.7 Å². The summed E-state index contributed by atoms with van der Waals surface area (Å²) in [5, 5.41) is 10.1. The number of fused-ring (bicyclic) bond motifs is 2. The Morgan fingerprint density at radius 2 is 1.79 bits per heavy atom. The number of rotatable bonds is 4. The number of carbonyl (C=O) groups excluding carboxylic acids is 5. The Hall–Kier alpha value is -4.27. The van der Waals surface area contributed by atoms with Gasteiger partial charge in [0.2, 0.25) is 11.8 Å². The van der Waals surface area contributed by atoms with Crippen LogP contribution >= 0.6 is 0 Å². The highest BCUT2D eigenvalue weighted by atomic mass is 16.2. The van der Waals surface area contributed by atoms with Gasteiger partial charge in [0.15, 0.2) is 0 Å². The van der Waals surface area contributed by atoms with Crippen molar-refractivity contribution in [3.8, 4) is 0 Å². The number of carbonyl (C=O) groups is 5. The molecule has 9 nitrogen and oxygen atoms in total. The van der Waals surface area contributed by atoms with E-state index in [1.165, 1.54) is 13.0 Å². The van der Waals surface area contributed by atoms with E-state index in [1.807, 2.05) is 30.3 Å². The highest BCUT2D eigenvalue weighted by Gasteiger charge is 2.52. The van der Waals surface area contributed by atoms with Crippen LogP contribution in [-0.2, 0) is 20.9 Å². The summed E-state index contributed by atoms with van der Waals surface area (Å²) in [6.45, 7) is 1.65. The Balaban J connectivity index is 1.31. The SMILES string of the molecule is C[C@]1(N2C(=O)c3ccc(CNC(=O)C4C=c5ccccc5=CN4)cc3C2=O)CCC(=O)NC1=O. The molecule has 2 aromatic carbocycles.